The predicted molar refractivity (Wildman–Crippen MR) is 94.9 cm³/mol. The van der Waals surface area contributed by atoms with Crippen molar-refractivity contribution in [1.82, 2.24) is 4.98 Å². The molecular weight excluding hydrogens is 336 g/mol. The van der Waals surface area contributed by atoms with Gasteiger partial charge in [-0.05, 0) is 17.7 Å². The molecular formula is C15H16N2O2S3. The summed E-state index contributed by atoms with van der Waals surface area (Å²) in [6.45, 7) is 0.434. The van der Waals surface area contributed by atoms with Gasteiger partial charge in [0.1, 0.15) is 10.7 Å². The van der Waals surface area contributed by atoms with Crippen LogP contribution in [0.5, 0.6) is 0 Å². The van der Waals surface area contributed by atoms with Crippen molar-refractivity contribution in [2.45, 2.75) is 11.2 Å². The Hall–Kier alpha value is -1.02. The second kappa shape index (κ2) is 7.50. The van der Waals surface area contributed by atoms with Gasteiger partial charge < -0.3 is 10.1 Å². The lowest BCUT2D eigenvalue weighted by Crippen LogP contribution is -2.12. The normalized spacial score (nSPS) is 15.1. The van der Waals surface area contributed by atoms with Crippen molar-refractivity contribution in [2.75, 3.05) is 23.9 Å². The highest BCUT2D eigenvalue weighted by atomic mass is 32.2. The topological polar surface area (TPSA) is 51.2 Å². The van der Waals surface area contributed by atoms with Gasteiger partial charge in [-0.25, -0.2) is 4.98 Å². The van der Waals surface area contributed by atoms with Gasteiger partial charge in [0, 0.05) is 29.7 Å². The Morgan fingerprint density at radius 1 is 1.41 bits per heavy atom. The SMILES string of the molecule is COCc1nc(C(=O)Nc2cccc(C3SCCS3)c2)cs1. The molecule has 0 atom stereocenters. The van der Waals surface area contributed by atoms with Crippen LogP contribution >= 0.6 is 34.9 Å². The molecule has 2 heterocycles. The Morgan fingerprint density at radius 3 is 3.00 bits per heavy atom. The summed E-state index contributed by atoms with van der Waals surface area (Å²) in [6.07, 6.45) is 0. The predicted octanol–water partition coefficient (Wildman–Crippen LogP) is 4.02. The third-order valence-corrected chi connectivity index (χ3v) is 7.02. The van der Waals surface area contributed by atoms with E-state index in [9.17, 15) is 4.79 Å². The highest BCUT2D eigenvalue weighted by molar-refractivity contribution is 8.19. The van der Waals surface area contributed by atoms with Crippen LogP contribution in [0.3, 0.4) is 0 Å². The lowest BCUT2D eigenvalue weighted by molar-refractivity contribution is 0.102. The molecule has 2 aromatic rings. The van der Waals surface area contributed by atoms with Gasteiger partial charge in [-0.1, -0.05) is 12.1 Å². The molecule has 116 valence electrons. The number of nitrogens with zero attached hydrogens (tertiary/aromatic N) is 1. The van der Waals surface area contributed by atoms with Crippen molar-refractivity contribution in [3.8, 4) is 0 Å². The minimum atomic E-state index is -0.178. The van der Waals surface area contributed by atoms with Gasteiger partial charge in [-0.3, -0.25) is 4.79 Å². The highest BCUT2D eigenvalue weighted by Crippen LogP contribution is 2.45. The molecule has 7 heteroatoms. The van der Waals surface area contributed by atoms with E-state index < -0.39 is 0 Å². The summed E-state index contributed by atoms with van der Waals surface area (Å²) in [7, 11) is 1.62. The molecule has 1 amide bonds. The number of thiazole rings is 1. The van der Waals surface area contributed by atoms with Crippen LogP contribution in [0, 0.1) is 0 Å². The van der Waals surface area contributed by atoms with Crippen LogP contribution in [0.2, 0.25) is 0 Å². The molecule has 0 aliphatic carbocycles. The van der Waals surface area contributed by atoms with Gasteiger partial charge in [0.2, 0.25) is 0 Å². The number of benzene rings is 1. The molecule has 1 fully saturated rings. The fourth-order valence-electron chi connectivity index (χ4n) is 2.11. The Labute approximate surface area is 142 Å². The zero-order valence-corrected chi connectivity index (χ0v) is 14.5. The molecule has 1 aromatic carbocycles. The van der Waals surface area contributed by atoms with E-state index in [1.165, 1.54) is 28.4 Å². The number of aromatic nitrogens is 1. The van der Waals surface area contributed by atoms with Gasteiger partial charge >= 0.3 is 0 Å². The summed E-state index contributed by atoms with van der Waals surface area (Å²) in [6, 6.07) is 8.07. The van der Waals surface area contributed by atoms with E-state index in [4.69, 9.17) is 4.74 Å². The van der Waals surface area contributed by atoms with Gasteiger partial charge in [0.05, 0.1) is 11.2 Å². The minimum absolute atomic E-state index is 0.178. The Kier molecular flexibility index (Phi) is 5.41. The molecule has 0 bridgehead atoms. The number of carbonyl (C=O) groups excluding carboxylic acids is 1. The van der Waals surface area contributed by atoms with Crippen molar-refractivity contribution >= 4 is 46.5 Å². The van der Waals surface area contributed by atoms with Gasteiger partial charge in [-0.2, -0.15) is 0 Å². The highest BCUT2D eigenvalue weighted by Gasteiger charge is 2.19. The van der Waals surface area contributed by atoms with Crippen LogP contribution in [-0.2, 0) is 11.3 Å². The average molecular weight is 353 g/mol. The first-order chi connectivity index (χ1) is 10.8. The summed E-state index contributed by atoms with van der Waals surface area (Å²) in [4.78, 5) is 16.5. The number of hydrogen-bond acceptors (Lipinski definition) is 6. The zero-order valence-electron chi connectivity index (χ0n) is 12.1. The monoisotopic (exact) mass is 352 g/mol. The second-order valence-electron chi connectivity index (χ2n) is 4.71. The molecule has 0 unspecified atom stereocenters. The first kappa shape index (κ1) is 15.9. The van der Waals surface area contributed by atoms with E-state index in [0.29, 0.717) is 16.9 Å². The van der Waals surface area contributed by atoms with E-state index in [0.717, 1.165) is 10.7 Å². The van der Waals surface area contributed by atoms with Gasteiger partial charge in [0.25, 0.3) is 5.91 Å². The molecule has 0 saturated carbocycles. The van der Waals surface area contributed by atoms with Crippen molar-refractivity contribution in [2.24, 2.45) is 0 Å². The Morgan fingerprint density at radius 2 is 2.23 bits per heavy atom. The maximum Gasteiger partial charge on any atom is 0.275 e. The third-order valence-electron chi connectivity index (χ3n) is 3.09. The first-order valence-corrected chi connectivity index (χ1v) is 9.82. The number of amides is 1. The van der Waals surface area contributed by atoms with Crippen LogP contribution in [0.25, 0.3) is 0 Å². The maximum absolute atomic E-state index is 12.2. The summed E-state index contributed by atoms with van der Waals surface area (Å²) in [5, 5.41) is 5.49. The number of rotatable bonds is 5. The second-order valence-corrected chi connectivity index (χ2v) is 8.38. The van der Waals surface area contributed by atoms with E-state index in [1.807, 2.05) is 35.7 Å². The molecule has 4 nitrogen and oxygen atoms in total. The van der Waals surface area contributed by atoms with Crippen LogP contribution in [0.15, 0.2) is 29.6 Å². The van der Waals surface area contributed by atoms with Crippen molar-refractivity contribution in [1.29, 1.82) is 0 Å². The first-order valence-electron chi connectivity index (χ1n) is 6.84. The molecule has 1 N–H and O–H groups in total. The Balaban J connectivity index is 1.69. The fraction of sp³-hybridized carbons (Fsp3) is 0.333. The molecule has 0 radical (unpaired) electrons. The number of carbonyl (C=O) groups is 1. The van der Waals surface area contributed by atoms with E-state index >= 15 is 0 Å². The van der Waals surface area contributed by atoms with Crippen LogP contribution < -0.4 is 5.32 Å². The molecule has 1 aliphatic rings. The fourth-order valence-corrected chi connectivity index (χ4v) is 5.70. The molecule has 1 aromatic heterocycles. The van der Waals surface area contributed by atoms with Gasteiger partial charge in [-0.15, -0.1) is 34.9 Å². The smallest absolute Gasteiger partial charge is 0.275 e. The van der Waals surface area contributed by atoms with Crippen molar-refractivity contribution in [3.63, 3.8) is 0 Å². The molecule has 1 aliphatic heterocycles. The summed E-state index contributed by atoms with van der Waals surface area (Å²) >= 11 is 5.34. The quantitative estimate of drug-likeness (QED) is 0.881. The van der Waals surface area contributed by atoms with Crippen LogP contribution in [0.4, 0.5) is 5.69 Å². The summed E-state index contributed by atoms with van der Waals surface area (Å²) in [5.41, 5.74) is 2.51. The minimum Gasteiger partial charge on any atom is -0.378 e. The largest absolute Gasteiger partial charge is 0.378 e. The number of methoxy groups -OCH3 is 1. The van der Waals surface area contributed by atoms with Crippen molar-refractivity contribution < 1.29 is 9.53 Å². The molecule has 0 spiro atoms. The van der Waals surface area contributed by atoms with Crippen LogP contribution in [-0.4, -0.2) is 29.5 Å². The van der Waals surface area contributed by atoms with E-state index in [2.05, 4.69) is 22.4 Å². The number of thioether (sulfide) groups is 2. The molecule has 22 heavy (non-hydrogen) atoms. The van der Waals surface area contributed by atoms with E-state index in [-0.39, 0.29) is 5.91 Å². The maximum atomic E-state index is 12.2. The lowest BCUT2D eigenvalue weighted by atomic mass is 10.2. The number of hydrogen-bond donors (Lipinski definition) is 1. The number of nitrogens with one attached hydrogen (secondary N) is 1. The van der Waals surface area contributed by atoms with Gasteiger partial charge in [0.15, 0.2) is 0 Å². The van der Waals surface area contributed by atoms with Crippen molar-refractivity contribution in [3.05, 3.63) is 45.9 Å². The Bertz CT molecular complexity index is 654. The zero-order chi connectivity index (χ0) is 15.4. The van der Waals surface area contributed by atoms with E-state index in [1.54, 1.807) is 12.5 Å². The average Bonchev–Trinajstić information content (AvgIpc) is 3.19. The molecule has 1 saturated heterocycles. The lowest BCUT2D eigenvalue weighted by Gasteiger charge is -2.10. The molecule has 3 rings (SSSR count). The number of anilines is 1. The summed E-state index contributed by atoms with van der Waals surface area (Å²) in [5.74, 6) is 2.20. The summed E-state index contributed by atoms with van der Waals surface area (Å²) < 4.78 is 5.50. The third kappa shape index (κ3) is 3.84. The van der Waals surface area contributed by atoms with Crippen LogP contribution in [0.1, 0.15) is 25.6 Å². The number of ether oxygens (including phenoxy) is 1. The standard InChI is InChI=1S/C15H16N2O2S3/c1-19-8-13-17-12(9-22-13)14(18)16-11-4-2-3-10(7-11)15-20-5-6-21-15/h2-4,7,9,15H,5-6,8H2,1H3,(H,16,18).